The Labute approximate surface area is 158 Å². The van der Waals surface area contributed by atoms with Gasteiger partial charge in [-0.2, -0.15) is 5.26 Å². The summed E-state index contributed by atoms with van der Waals surface area (Å²) in [6.07, 6.45) is 0.875. The molecule has 4 nitrogen and oxygen atoms in total. The Balaban J connectivity index is 0.00000288. The van der Waals surface area contributed by atoms with Gasteiger partial charge in [0.2, 0.25) is 0 Å². The van der Waals surface area contributed by atoms with Gasteiger partial charge in [-0.3, -0.25) is 4.99 Å². The highest BCUT2D eigenvalue weighted by molar-refractivity contribution is 14.0. The maximum atomic E-state index is 13.7. The third kappa shape index (κ3) is 6.16. The summed E-state index contributed by atoms with van der Waals surface area (Å²) in [6.45, 7) is 0.997. The third-order valence-electron chi connectivity index (χ3n) is 3.39. The second-order valence-corrected chi connectivity index (χ2v) is 5.01. The molecule has 2 aromatic carbocycles. The molecular weight excluding hydrogens is 418 g/mol. The van der Waals surface area contributed by atoms with Gasteiger partial charge in [-0.05, 0) is 30.2 Å². The van der Waals surface area contributed by atoms with Crippen LogP contribution < -0.4 is 10.6 Å². The van der Waals surface area contributed by atoms with E-state index in [4.69, 9.17) is 5.26 Å². The minimum atomic E-state index is -0.337. The lowest BCUT2D eigenvalue weighted by Crippen LogP contribution is -2.38. The fraction of sp³-hybridized carbons (Fsp3) is 0.222. The molecule has 6 heteroatoms. The number of aliphatic imine (C=N–C) groups is 1. The second kappa shape index (κ2) is 10.6. The van der Waals surface area contributed by atoms with Crippen molar-refractivity contribution in [1.29, 1.82) is 5.26 Å². The Hall–Kier alpha value is -2.14. The molecule has 2 rings (SSSR count). The number of hydrogen-bond donors (Lipinski definition) is 2. The van der Waals surface area contributed by atoms with Gasteiger partial charge in [0.25, 0.3) is 0 Å². The predicted molar refractivity (Wildman–Crippen MR) is 105 cm³/mol. The molecule has 24 heavy (non-hydrogen) atoms. The molecule has 0 radical (unpaired) electrons. The summed E-state index contributed by atoms with van der Waals surface area (Å²) in [7, 11) is 1.67. The molecule has 126 valence electrons. The van der Waals surface area contributed by atoms with Crippen LogP contribution in [-0.2, 0) is 13.0 Å². The molecule has 0 heterocycles. The van der Waals surface area contributed by atoms with Crippen LogP contribution in [0.5, 0.6) is 0 Å². The van der Waals surface area contributed by atoms with Gasteiger partial charge >= 0.3 is 0 Å². The first-order chi connectivity index (χ1) is 11.2. The van der Waals surface area contributed by atoms with E-state index in [9.17, 15) is 4.39 Å². The van der Waals surface area contributed by atoms with Crippen molar-refractivity contribution in [2.24, 2.45) is 4.99 Å². The summed E-state index contributed by atoms with van der Waals surface area (Å²) in [5.41, 5.74) is 2.12. The molecule has 0 atom stereocenters. The number of rotatable bonds is 5. The van der Waals surface area contributed by atoms with Crippen molar-refractivity contribution in [1.82, 2.24) is 10.6 Å². The number of benzene rings is 2. The van der Waals surface area contributed by atoms with E-state index in [1.54, 1.807) is 13.1 Å². The predicted octanol–water partition coefficient (Wildman–Crippen LogP) is 3.22. The van der Waals surface area contributed by atoms with Crippen molar-refractivity contribution >= 4 is 29.9 Å². The van der Waals surface area contributed by atoms with E-state index < -0.39 is 0 Å². The van der Waals surface area contributed by atoms with Crippen molar-refractivity contribution in [2.45, 2.75) is 13.0 Å². The van der Waals surface area contributed by atoms with Gasteiger partial charge in [-0.1, -0.05) is 30.3 Å². The highest BCUT2D eigenvalue weighted by Crippen LogP contribution is 2.09. The fourth-order valence-electron chi connectivity index (χ4n) is 2.15. The second-order valence-electron chi connectivity index (χ2n) is 5.01. The van der Waals surface area contributed by atoms with E-state index in [-0.39, 0.29) is 36.3 Å². The Kier molecular flexibility index (Phi) is 8.79. The Bertz CT molecular complexity index is 711. The van der Waals surface area contributed by atoms with Crippen LogP contribution in [0, 0.1) is 17.1 Å². The van der Waals surface area contributed by atoms with E-state index in [2.05, 4.69) is 27.8 Å². The molecule has 0 bridgehead atoms. The van der Waals surface area contributed by atoms with E-state index in [0.29, 0.717) is 17.1 Å². The first kappa shape index (κ1) is 19.9. The van der Waals surface area contributed by atoms with E-state index in [0.717, 1.165) is 13.0 Å². The minimum Gasteiger partial charge on any atom is -0.356 e. The lowest BCUT2D eigenvalue weighted by atomic mass is 10.1. The van der Waals surface area contributed by atoms with Crippen LogP contribution in [0.3, 0.4) is 0 Å². The summed E-state index contributed by atoms with van der Waals surface area (Å²) < 4.78 is 13.7. The zero-order valence-electron chi connectivity index (χ0n) is 13.4. The largest absolute Gasteiger partial charge is 0.356 e. The van der Waals surface area contributed by atoms with Gasteiger partial charge < -0.3 is 10.6 Å². The van der Waals surface area contributed by atoms with Gasteiger partial charge in [-0.25, -0.2) is 4.39 Å². The molecule has 2 aromatic rings. The molecule has 0 aliphatic carbocycles. The van der Waals surface area contributed by atoms with Crippen LogP contribution in [0.25, 0.3) is 0 Å². The smallest absolute Gasteiger partial charge is 0.191 e. The lowest BCUT2D eigenvalue weighted by molar-refractivity contribution is 0.604. The SMILES string of the molecule is CN=C(NCCc1ccccc1)NCc1cc(C#N)ccc1F.I. The fourth-order valence-corrected chi connectivity index (χ4v) is 2.15. The van der Waals surface area contributed by atoms with Gasteiger partial charge in [0.1, 0.15) is 5.82 Å². The van der Waals surface area contributed by atoms with E-state index in [1.807, 2.05) is 24.3 Å². The molecule has 0 saturated heterocycles. The Morgan fingerprint density at radius 3 is 2.58 bits per heavy atom. The van der Waals surface area contributed by atoms with Gasteiger partial charge in [0.05, 0.1) is 11.6 Å². The molecule has 0 aromatic heterocycles. The quantitative estimate of drug-likeness (QED) is 0.428. The zero-order chi connectivity index (χ0) is 16.5. The maximum absolute atomic E-state index is 13.7. The van der Waals surface area contributed by atoms with E-state index >= 15 is 0 Å². The highest BCUT2D eigenvalue weighted by Gasteiger charge is 2.05. The Morgan fingerprint density at radius 1 is 1.17 bits per heavy atom. The molecule has 2 N–H and O–H groups in total. The molecule has 0 spiro atoms. The number of nitriles is 1. The van der Waals surface area contributed by atoms with Crippen LogP contribution in [0.1, 0.15) is 16.7 Å². The zero-order valence-corrected chi connectivity index (χ0v) is 15.8. The average Bonchev–Trinajstić information content (AvgIpc) is 2.60. The van der Waals surface area contributed by atoms with Crippen molar-refractivity contribution in [2.75, 3.05) is 13.6 Å². The van der Waals surface area contributed by atoms with Gasteiger partial charge in [0.15, 0.2) is 5.96 Å². The first-order valence-electron chi connectivity index (χ1n) is 7.40. The Morgan fingerprint density at radius 2 is 1.92 bits per heavy atom. The first-order valence-corrected chi connectivity index (χ1v) is 7.40. The normalized spacial score (nSPS) is 10.5. The minimum absolute atomic E-state index is 0. The molecule has 0 aliphatic rings. The summed E-state index contributed by atoms with van der Waals surface area (Å²) >= 11 is 0. The summed E-state index contributed by atoms with van der Waals surface area (Å²) in [6, 6.07) is 16.5. The number of guanidine groups is 1. The summed E-state index contributed by atoms with van der Waals surface area (Å²) in [5, 5.41) is 15.1. The van der Waals surface area contributed by atoms with Crippen LogP contribution in [0.2, 0.25) is 0 Å². The molecule has 0 unspecified atom stereocenters. The van der Waals surface area contributed by atoms with Crippen molar-refractivity contribution in [3.05, 3.63) is 71.0 Å². The van der Waals surface area contributed by atoms with Gasteiger partial charge in [0, 0.05) is 25.7 Å². The van der Waals surface area contributed by atoms with Crippen LogP contribution in [0.4, 0.5) is 4.39 Å². The van der Waals surface area contributed by atoms with Gasteiger partial charge in [-0.15, -0.1) is 24.0 Å². The summed E-state index contributed by atoms with van der Waals surface area (Å²) in [5.74, 6) is 0.263. The molecule has 0 aliphatic heterocycles. The average molecular weight is 438 g/mol. The highest BCUT2D eigenvalue weighted by atomic mass is 127. The number of nitrogens with one attached hydrogen (secondary N) is 2. The van der Waals surface area contributed by atoms with Crippen molar-refractivity contribution in [3.8, 4) is 6.07 Å². The third-order valence-corrected chi connectivity index (χ3v) is 3.39. The molecule has 0 saturated carbocycles. The standard InChI is InChI=1S/C18H19FN4.HI/c1-21-18(22-10-9-14-5-3-2-4-6-14)23-13-16-11-15(12-20)7-8-17(16)19;/h2-8,11H,9-10,13H2,1H3,(H2,21,22,23);1H. The number of halogens is 2. The molecule has 0 fully saturated rings. The number of hydrogen-bond acceptors (Lipinski definition) is 2. The van der Waals surface area contributed by atoms with E-state index in [1.165, 1.54) is 17.7 Å². The monoisotopic (exact) mass is 438 g/mol. The molecule has 0 amide bonds. The molecular formula is C18H20FIN4. The van der Waals surface area contributed by atoms with Crippen molar-refractivity contribution in [3.63, 3.8) is 0 Å². The maximum Gasteiger partial charge on any atom is 0.191 e. The van der Waals surface area contributed by atoms with Crippen LogP contribution >= 0.6 is 24.0 Å². The van der Waals surface area contributed by atoms with Crippen LogP contribution in [0.15, 0.2) is 53.5 Å². The number of nitrogens with zero attached hydrogens (tertiary/aromatic N) is 2. The van der Waals surface area contributed by atoms with Crippen LogP contribution in [-0.4, -0.2) is 19.6 Å². The summed E-state index contributed by atoms with van der Waals surface area (Å²) in [4.78, 5) is 4.11. The topological polar surface area (TPSA) is 60.2 Å². The lowest BCUT2D eigenvalue weighted by Gasteiger charge is -2.12. The van der Waals surface area contributed by atoms with Crippen molar-refractivity contribution < 1.29 is 4.39 Å².